The number of hydrogen-bond acceptors (Lipinski definition) is 3. The van der Waals surface area contributed by atoms with E-state index in [0.717, 1.165) is 25.3 Å². The van der Waals surface area contributed by atoms with Crippen LogP contribution in [0.2, 0.25) is 0 Å². The number of likely N-dealkylation sites (N-methyl/N-ethyl adjacent to an activating group) is 1. The van der Waals surface area contributed by atoms with Gasteiger partial charge >= 0.3 is 0 Å². The molecule has 2 rings (SSSR count). The SMILES string of the molecule is CCNC1CCOCC1Oc1cc(C)cc(C)c1. The predicted octanol–water partition coefficient (Wildman–Crippen LogP) is 2.45. The van der Waals surface area contributed by atoms with Gasteiger partial charge in [0.05, 0.1) is 6.61 Å². The zero-order valence-electron chi connectivity index (χ0n) is 11.5. The number of ether oxygens (including phenoxy) is 2. The minimum absolute atomic E-state index is 0.111. The third-order valence-corrected chi connectivity index (χ3v) is 3.25. The van der Waals surface area contributed by atoms with Crippen molar-refractivity contribution in [3.63, 3.8) is 0 Å². The first-order valence-electron chi connectivity index (χ1n) is 6.75. The van der Waals surface area contributed by atoms with Crippen molar-refractivity contribution in [3.8, 4) is 5.75 Å². The molecule has 3 nitrogen and oxygen atoms in total. The van der Waals surface area contributed by atoms with Gasteiger partial charge in [-0.3, -0.25) is 0 Å². The molecule has 18 heavy (non-hydrogen) atoms. The zero-order chi connectivity index (χ0) is 13.0. The van der Waals surface area contributed by atoms with Gasteiger partial charge in [-0.2, -0.15) is 0 Å². The monoisotopic (exact) mass is 249 g/mol. The molecule has 1 aliphatic heterocycles. The topological polar surface area (TPSA) is 30.5 Å². The average molecular weight is 249 g/mol. The Balaban J connectivity index is 2.05. The fourth-order valence-corrected chi connectivity index (χ4v) is 2.50. The summed E-state index contributed by atoms with van der Waals surface area (Å²) in [4.78, 5) is 0. The van der Waals surface area contributed by atoms with Crippen molar-refractivity contribution in [2.75, 3.05) is 19.8 Å². The molecule has 0 radical (unpaired) electrons. The fraction of sp³-hybridized carbons (Fsp3) is 0.600. The van der Waals surface area contributed by atoms with Crippen molar-refractivity contribution >= 4 is 0 Å². The molecule has 2 unspecified atom stereocenters. The molecule has 1 aromatic carbocycles. The van der Waals surface area contributed by atoms with Crippen molar-refractivity contribution in [2.45, 2.75) is 39.3 Å². The largest absolute Gasteiger partial charge is 0.486 e. The molecule has 1 saturated heterocycles. The highest BCUT2D eigenvalue weighted by Crippen LogP contribution is 2.20. The van der Waals surface area contributed by atoms with Crippen LogP contribution in [0.5, 0.6) is 5.75 Å². The van der Waals surface area contributed by atoms with E-state index in [1.54, 1.807) is 0 Å². The summed E-state index contributed by atoms with van der Waals surface area (Å²) in [6.45, 7) is 8.79. The lowest BCUT2D eigenvalue weighted by Gasteiger charge is -2.32. The fourth-order valence-electron chi connectivity index (χ4n) is 2.50. The van der Waals surface area contributed by atoms with E-state index < -0.39 is 0 Å². The van der Waals surface area contributed by atoms with Crippen LogP contribution in [-0.2, 0) is 4.74 Å². The Morgan fingerprint density at radius 1 is 1.28 bits per heavy atom. The van der Waals surface area contributed by atoms with Crippen LogP contribution in [-0.4, -0.2) is 31.9 Å². The number of aryl methyl sites for hydroxylation is 2. The third-order valence-electron chi connectivity index (χ3n) is 3.25. The first kappa shape index (κ1) is 13.4. The summed E-state index contributed by atoms with van der Waals surface area (Å²) in [6, 6.07) is 6.73. The molecule has 1 N–H and O–H groups in total. The van der Waals surface area contributed by atoms with Gasteiger partial charge in [0.25, 0.3) is 0 Å². The van der Waals surface area contributed by atoms with Gasteiger partial charge in [-0.25, -0.2) is 0 Å². The lowest BCUT2D eigenvalue weighted by atomic mass is 10.1. The molecule has 0 aliphatic carbocycles. The molecule has 2 atom stereocenters. The van der Waals surface area contributed by atoms with Crippen LogP contribution in [0.15, 0.2) is 18.2 Å². The van der Waals surface area contributed by atoms with Crippen LogP contribution in [0.3, 0.4) is 0 Å². The Hall–Kier alpha value is -1.06. The maximum absolute atomic E-state index is 6.09. The first-order chi connectivity index (χ1) is 8.69. The third kappa shape index (κ3) is 3.47. The summed E-state index contributed by atoms with van der Waals surface area (Å²) in [5.41, 5.74) is 2.48. The Bertz CT molecular complexity index is 370. The van der Waals surface area contributed by atoms with Gasteiger partial charge < -0.3 is 14.8 Å². The molecule has 1 heterocycles. The molecular formula is C15H23NO2. The molecule has 0 saturated carbocycles. The molecule has 1 aliphatic rings. The minimum Gasteiger partial charge on any atom is -0.486 e. The van der Waals surface area contributed by atoms with Crippen molar-refractivity contribution < 1.29 is 9.47 Å². The van der Waals surface area contributed by atoms with Crippen LogP contribution in [0.4, 0.5) is 0 Å². The zero-order valence-corrected chi connectivity index (χ0v) is 11.5. The van der Waals surface area contributed by atoms with E-state index in [2.05, 4.69) is 44.3 Å². The van der Waals surface area contributed by atoms with E-state index >= 15 is 0 Å². The average Bonchev–Trinajstić information content (AvgIpc) is 2.30. The van der Waals surface area contributed by atoms with Gasteiger partial charge in [0.1, 0.15) is 11.9 Å². The Morgan fingerprint density at radius 2 is 2.00 bits per heavy atom. The second kappa shape index (κ2) is 6.21. The summed E-state index contributed by atoms with van der Waals surface area (Å²) in [7, 11) is 0. The molecule has 3 heteroatoms. The predicted molar refractivity (Wildman–Crippen MR) is 73.2 cm³/mol. The minimum atomic E-state index is 0.111. The van der Waals surface area contributed by atoms with Crippen molar-refractivity contribution in [2.24, 2.45) is 0 Å². The van der Waals surface area contributed by atoms with Crippen LogP contribution in [0.25, 0.3) is 0 Å². The number of hydrogen-bond donors (Lipinski definition) is 1. The molecule has 0 amide bonds. The molecule has 1 aromatic rings. The number of benzene rings is 1. The van der Waals surface area contributed by atoms with Crippen LogP contribution in [0, 0.1) is 13.8 Å². The second-order valence-electron chi connectivity index (χ2n) is 5.01. The van der Waals surface area contributed by atoms with E-state index in [4.69, 9.17) is 9.47 Å². The summed E-state index contributed by atoms with van der Waals surface area (Å²) in [5.74, 6) is 0.950. The number of rotatable bonds is 4. The standard InChI is InChI=1S/C15H23NO2/c1-4-16-14-5-6-17-10-15(14)18-13-8-11(2)7-12(3)9-13/h7-9,14-16H,4-6,10H2,1-3H3. The van der Waals surface area contributed by atoms with Crippen LogP contribution in [0.1, 0.15) is 24.5 Å². The van der Waals surface area contributed by atoms with Gasteiger partial charge in [0, 0.05) is 12.6 Å². The first-order valence-corrected chi connectivity index (χ1v) is 6.75. The van der Waals surface area contributed by atoms with E-state index in [1.807, 2.05) is 0 Å². The summed E-state index contributed by atoms with van der Waals surface area (Å²) in [5, 5.41) is 3.48. The Kier molecular flexibility index (Phi) is 4.61. The Labute approximate surface area is 109 Å². The maximum Gasteiger partial charge on any atom is 0.137 e. The highest BCUT2D eigenvalue weighted by Gasteiger charge is 2.26. The molecule has 0 spiro atoms. The summed E-state index contributed by atoms with van der Waals surface area (Å²) < 4.78 is 11.6. The van der Waals surface area contributed by atoms with Crippen molar-refractivity contribution in [3.05, 3.63) is 29.3 Å². The lowest BCUT2D eigenvalue weighted by molar-refractivity contribution is -0.0143. The van der Waals surface area contributed by atoms with Gasteiger partial charge in [-0.05, 0) is 50.1 Å². The van der Waals surface area contributed by atoms with Gasteiger partial charge in [-0.1, -0.05) is 13.0 Å². The van der Waals surface area contributed by atoms with Crippen molar-refractivity contribution in [1.82, 2.24) is 5.32 Å². The highest BCUT2D eigenvalue weighted by molar-refractivity contribution is 5.33. The second-order valence-corrected chi connectivity index (χ2v) is 5.01. The van der Waals surface area contributed by atoms with Gasteiger partial charge in [0.2, 0.25) is 0 Å². The molecule has 0 aromatic heterocycles. The highest BCUT2D eigenvalue weighted by atomic mass is 16.5. The van der Waals surface area contributed by atoms with Crippen LogP contribution < -0.4 is 10.1 Å². The quantitative estimate of drug-likeness (QED) is 0.889. The lowest BCUT2D eigenvalue weighted by Crippen LogP contribution is -2.49. The van der Waals surface area contributed by atoms with E-state index in [-0.39, 0.29) is 6.10 Å². The molecular weight excluding hydrogens is 226 g/mol. The molecule has 100 valence electrons. The maximum atomic E-state index is 6.09. The van der Waals surface area contributed by atoms with Crippen LogP contribution >= 0.6 is 0 Å². The van der Waals surface area contributed by atoms with Crippen molar-refractivity contribution in [1.29, 1.82) is 0 Å². The summed E-state index contributed by atoms with van der Waals surface area (Å²) in [6.07, 6.45) is 1.13. The number of nitrogens with one attached hydrogen (secondary N) is 1. The van der Waals surface area contributed by atoms with E-state index in [0.29, 0.717) is 12.6 Å². The Morgan fingerprint density at radius 3 is 2.67 bits per heavy atom. The van der Waals surface area contributed by atoms with E-state index in [9.17, 15) is 0 Å². The molecule has 0 bridgehead atoms. The molecule has 1 fully saturated rings. The van der Waals surface area contributed by atoms with Gasteiger partial charge in [-0.15, -0.1) is 0 Å². The smallest absolute Gasteiger partial charge is 0.137 e. The normalized spacial score (nSPS) is 23.9. The van der Waals surface area contributed by atoms with E-state index in [1.165, 1.54) is 11.1 Å². The summed E-state index contributed by atoms with van der Waals surface area (Å²) >= 11 is 0. The van der Waals surface area contributed by atoms with Gasteiger partial charge in [0.15, 0.2) is 0 Å².